The number of nitrogens with one attached hydrogen (secondary N) is 2. The van der Waals surface area contributed by atoms with Crippen LogP contribution < -0.4 is 15.4 Å². The number of rotatable bonds is 6. The Hall–Kier alpha value is -1.55. The summed E-state index contributed by atoms with van der Waals surface area (Å²) < 4.78 is 5.23. The third kappa shape index (κ3) is 4.74. The highest BCUT2D eigenvalue weighted by molar-refractivity contribution is 5.93. The molecule has 4 nitrogen and oxygen atoms in total. The Kier molecular flexibility index (Phi) is 6.05. The van der Waals surface area contributed by atoms with Gasteiger partial charge in [0, 0.05) is 6.04 Å². The van der Waals surface area contributed by atoms with Crippen molar-refractivity contribution in [3.05, 3.63) is 24.3 Å². The average molecular weight is 290 g/mol. The standard InChI is InChI=1S/C17H26N2O2/c1-13(14-8-4-3-5-9-14)18-12-17(20)19-15-10-6-7-11-16(15)21-2/h6-7,10-11,13-14,18H,3-5,8-9,12H2,1-2H3,(H,19,20). The van der Waals surface area contributed by atoms with E-state index in [0.717, 1.165) is 5.69 Å². The van der Waals surface area contributed by atoms with Gasteiger partial charge in [-0.25, -0.2) is 0 Å². The van der Waals surface area contributed by atoms with E-state index < -0.39 is 0 Å². The van der Waals surface area contributed by atoms with Gasteiger partial charge in [-0.1, -0.05) is 31.4 Å². The smallest absolute Gasteiger partial charge is 0.238 e. The second-order valence-corrected chi connectivity index (χ2v) is 5.82. The van der Waals surface area contributed by atoms with Crippen LogP contribution >= 0.6 is 0 Å². The van der Waals surface area contributed by atoms with Gasteiger partial charge in [-0.3, -0.25) is 4.79 Å². The van der Waals surface area contributed by atoms with Crippen molar-refractivity contribution in [2.24, 2.45) is 5.92 Å². The quantitative estimate of drug-likeness (QED) is 0.846. The molecule has 1 fully saturated rings. The number of benzene rings is 1. The molecule has 1 saturated carbocycles. The SMILES string of the molecule is COc1ccccc1NC(=O)CNC(C)C1CCCCC1. The van der Waals surface area contributed by atoms with Gasteiger partial charge in [-0.15, -0.1) is 0 Å². The van der Waals surface area contributed by atoms with Gasteiger partial charge in [-0.2, -0.15) is 0 Å². The summed E-state index contributed by atoms with van der Waals surface area (Å²) in [6.07, 6.45) is 6.57. The molecule has 1 aromatic rings. The molecule has 1 unspecified atom stereocenters. The van der Waals surface area contributed by atoms with E-state index in [0.29, 0.717) is 24.3 Å². The van der Waals surface area contributed by atoms with Crippen molar-refractivity contribution in [3.63, 3.8) is 0 Å². The van der Waals surface area contributed by atoms with Crippen molar-refractivity contribution in [2.75, 3.05) is 19.0 Å². The summed E-state index contributed by atoms with van der Waals surface area (Å²) in [5.41, 5.74) is 0.720. The minimum Gasteiger partial charge on any atom is -0.495 e. The fourth-order valence-electron chi connectivity index (χ4n) is 3.00. The number of hydrogen-bond donors (Lipinski definition) is 2. The van der Waals surface area contributed by atoms with Crippen LogP contribution in [0.1, 0.15) is 39.0 Å². The third-order valence-corrected chi connectivity index (χ3v) is 4.32. The van der Waals surface area contributed by atoms with Crippen molar-refractivity contribution >= 4 is 11.6 Å². The highest BCUT2D eigenvalue weighted by Gasteiger charge is 2.20. The van der Waals surface area contributed by atoms with Crippen LogP contribution in [0, 0.1) is 5.92 Å². The Morgan fingerprint density at radius 3 is 2.71 bits per heavy atom. The van der Waals surface area contributed by atoms with Crippen molar-refractivity contribution < 1.29 is 9.53 Å². The molecule has 0 saturated heterocycles. The lowest BCUT2D eigenvalue weighted by Crippen LogP contribution is -2.39. The van der Waals surface area contributed by atoms with Crippen molar-refractivity contribution in [3.8, 4) is 5.75 Å². The Morgan fingerprint density at radius 2 is 2.00 bits per heavy atom. The van der Waals surface area contributed by atoms with Crippen molar-refractivity contribution in [2.45, 2.75) is 45.1 Å². The van der Waals surface area contributed by atoms with E-state index in [1.165, 1.54) is 32.1 Å². The van der Waals surface area contributed by atoms with Crippen LogP contribution in [0.4, 0.5) is 5.69 Å². The predicted molar refractivity (Wildman–Crippen MR) is 85.7 cm³/mol. The van der Waals surface area contributed by atoms with Crippen LogP contribution in [0.5, 0.6) is 5.75 Å². The highest BCUT2D eigenvalue weighted by Crippen LogP contribution is 2.26. The summed E-state index contributed by atoms with van der Waals surface area (Å²) >= 11 is 0. The lowest BCUT2D eigenvalue weighted by molar-refractivity contribution is -0.115. The third-order valence-electron chi connectivity index (χ3n) is 4.32. The van der Waals surface area contributed by atoms with Crippen molar-refractivity contribution in [1.29, 1.82) is 0 Å². The number of carbonyl (C=O) groups is 1. The van der Waals surface area contributed by atoms with Gasteiger partial charge in [-0.05, 0) is 37.8 Å². The summed E-state index contributed by atoms with van der Waals surface area (Å²) in [5, 5.41) is 6.25. The fraction of sp³-hybridized carbons (Fsp3) is 0.588. The average Bonchev–Trinajstić information content (AvgIpc) is 2.54. The zero-order valence-electron chi connectivity index (χ0n) is 13.0. The molecule has 0 aromatic heterocycles. The lowest BCUT2D eigenvalue weighted by atomic mass is 9.84. The van der Waals surface area contributed by atoms with Crippen LogP contribution in [-0.2, 0) is 4.79 Å². The second-order valence-electron chi connectivity index (χ2n) is 5.82. The van der Waals surface area contributed by atoms with Gasteiger partial charge in [0.05, 0.1) is 19.3 Å². The monoisotopic (exact) mass is 290 g/mol. The number of carbonyl (C=O) groups excluding carboxylic acids is 1. The summed E-state index contributed by atoms with van der Waals surface area (Å²) in [6, 6.07) is 7.86. The molecule has 1 amide bonds. The number of para-hydroxylation sites is 2. The topological polar surface area (TPSA) is 50.4 Å². The van der Waals surface area contributed by atoms with E-state index in [2.05, 4.69) is 17.6 Å². The minimum atomic E-state index is -0.0258. The van der Waals surface area contributed by atoms with E-state index in [1.54, 1.807) is 7.11 Å². The molecule has 2 rings (SSSR count). The predicted octanol–water partition coefficient (Wildman–Crippen LogP) is 3.19. The molecule has 2 N–H and O–H groups in total. The molecular weight excluding hydrogens is 264 g/mol. The molecule has 0 spiro atoms. The maximum Gasteiger partial charge on any atom is 0.238 e. The Morgan fingerprint density at radius 1 is 1.29 bits per heavy atom. The summed E-state index contributed by atoms with van der Waals surface area (Å²) in [6.45, 7) is 2.53. The summed E-state index contributed by atoms with van der Waals surface area (Å²) in [4.78, 5) is 12.0. The maximum absolute atomic E-state index is 12.0. The van der Waals surface area contributed by atoms with E-state index in [9.17, 15) is 4.79 Å². The van der Waals surface area contributed by atoms with Crippen LogP contribution in [0.15, 0.2) is 24.3 Å². The zero-order valence-corrected chi connectivity index (χ0v) is 13.0. The van der Waals surface area contributed by atoms with Gasteiger partial charge in [0.15, 0.2) is 0 Å². The number of hydrogen-bond acceptors (Lipinski definition) is 3. The van der Waals surface area contributed by atoms with Gasteiger partial charge < -0.3 is 15.4 Å². The maximum atomic E-state index is 12.0. The number of methoxy groups -OCH3 is 1. The minimum absolute atomic E-state index is 0.0258. The summed E-state index contributed by atoms with van der Waals surface area (Å²) in [5.74, 6) is 1.37. The van der Waals surface area contributed by atoms with Crippen LogP contribution in [0.2, 0.25) is 0 Å². The van der Waals surface area contributed by atoms with Gasteiger partial charge in [0.1, 0.15) is 5.75 Å². The van der Waals surface area contributed by atoms with Gasteiger partial charge >= 0.3 is 0 Å². The lowest BCUT2D eigenvalue weighted by Gasteiger charge is -2.28. The molecule has 0 aliphatic heterocycles. The number of amides is 1. The van der Waals surface area contributed by atoms with Crippen LogP contribution in [0.3, 0.4) is 0 Å². The molecule has 4 heteroatoms. The normalized spacial score (nSPS) is 17.2. The first kappa shape index (κ1) is 15.8. The van der Waals surface area contributed by atoms with Crippen molar-refractivity contribution in [1.82, 2.24) is 5.32 Å². The number of anilines is 1. The largest absolute Gasteiger partial charge is 0.495 e. The fourth-order valence-corrected chi connectivity index (χ4v) is 3.00. The van der Waals surface area contributed by atoms with Gasteiger partial charge in [0.2, 0.25) is 5.91 Å². The molecule has 21 heavy (non-hydrogen) atoms. The zero-order chi connectivity index (χ0) is 15.1. The van der Waals surface area contributed by atoms with E-state index in [4.69, 9.17) is 4.74 Å². The van der Waals surface area contributed by atoms with E-state index in [1.807, 2.05) is 24.3 Å². The Bertz CT molecular complexity index is 456. The molecule has 1 atom stereocenters. The second kappa shape index (κ2) is 8.03. The highest BCUT2D eigenvalue weighted by atomic mass is 16.5. The molecule has 1 aliphatic rings. The molecule has 0 bridgehead atoms. The van der Waals surface area contributed by atoms with E-state index in [-0.39, 0.29) is 5.91 Å². The molecule has 0 heterocycles. The van der Waals surface area contributed by atoms with Crippen LogP contribution in [0.25, 0.3) is 0 Å². The molecule has 1 aliphatic carbocycles. The first-order valence-corrected chi connectivity index (χ1v) is 7.87. The Balaban J connectivity index is 1.79. The van der Waals surface area contributed by atoms with E-state index >= 15 is 0 Å². The Labute approximate surface area is 127 Å². The molecular formula is C17H26N2O2. The first-order valence-electron chi connectivity index (χ1n) is 7.87. The van der Waals surface area contributed by atoms with Gasteiger partial charge in [0.25, 0.3) is 0 Å². The molecule has 1 aromatic carbocycles. The first-order chi connectivity index (χ1) is 10.2. The molecule has 116 valence electrons. The number of ether oxygens (including phenoxy) is 1. The molecule has 0 radical (unpaired) electrons. The van der Waals surface area contributed by atoms with Crippen LogP contribution in [-0.4, -0.2) is 25.6 Å². The summed E-state index contributed by atoms with van der Waals surface area (Å²) in [7, 11) is 1.61.